The molecular weight excluding hydrogens is 324 g/mol. The number of aldehydes is 2. The van der Waals surface area contributed by atoms with E-state index < -0.39 is 0 Å². The standard InChI is InChI=1S/C8H7ClO3.C8H8O3/c1-12-8-3-7(11)5(4-10)2-6(8)9;1-11-7-3-2-6(5-9)8(10)4-7/h2-4,11H,1H3;2-5,10H,1H3. The van der Waals surface area contributed by atoms with Crippen LogP contribution < -0.4 is 9.47 Å². The summed E-state index contributed by atoms with van der Waals surface area (Å²) in [4.78, 5) is 20.5. The summed E-state index contributed by atoms with van der Waals surface area (Å²) in [7, 11) is 2.93. The Morgan fingerprint density at radius 1 is 0.913 bits per heavy atom. The van der Waals surface area contributed by atoms with Crippen molar-refractivity contribution in [2.45, 2.75) is 0 Å². The van der Waals surface area contributed by atoms with Crippen LogP contribution in [0.5, 0.6) is 23.0 Å². The van der Waals surface area contributed by atoms with Gasteiger partial charge in [0, 0.05) is 12.1 Å². The van der Waals surface area contributed by atoms with Crippen molar-refractivity contribution in [2.24, 2.45) is 0 Å². The van der Waals surface area contributed by atoms with Gasteiger partial charge in [-0.3, -0.25) is 9.59 Å². The van der Waals surface area contributed by atoms with Gasteiger partial charge in [-0.1, -0.05) is 11.6 Å². The van der Waals surface area contributed by atoms with Crippen molar-refractivity contribution >= 4 is 24.2 Å². The molecule has 0 radical (unpaired) electrons. The molecule has 0 aliphatic rings. The quantitative estimate of drug-likeness (QED) is 0.832. The Morgan fingerprint density at radius 3 is 2.00 bits per heavy atom. The van der Waals surface area contributed by atoms with Crippen molar-refractivity contribution in [3.63, 3.8) is 0 Å². The lowest BCUT2D eigenvalue weighted by atomic mass is 10.2. The predicted molar refractivity (Wildman–Crippen MR) is 85.1 cm³/mol. The number of ether oxygens (including phenoxy) is 2. The fourth-order valence-corrected chi connectivity index (χ4v) is 1.81. The zero-order chi connectivity index (χ0) is 17.4. The SMILES string of the molecule is COc1cc(O)c(C=O)cc1Cl.COc1ccc(C=O)c(O)c1. The van der Waals surface area contributed by atoms with Crippen molar-refractivity contribution < 1.29 is 29.3 Å². The van der Waals surface area contributed by atoms with Crippen molar-refractivity contribution in [3.8, 4) is 23.0 Å². The summed E-state index contributed by atoms with van der Waals surface area (Å²) in [5, 5.41) is 18.6. The maximum absolute atomic E-state index is 10.3. The van der Waals surface area contributed by atoms with Gasteiger partial charge in [0.25, 0.3) is 0 Å². The van der Waals surface area contributed by atoms with Crippen LogP contribution in [0, 0.1) is 0 Å². The lowest BCUT2D eigenvalue weighted by molar-refractivity contribution is 0.111. The fraction of sp³-hybridized carbons (Fsp3) is 0.125. The van der Waals surface area contributed by atoms with E-state index in [1.54, 1.807) is 6.07 Å². The number of phenols is 2. The Kier molecular flexibility index (Phi) is 6.89. The third-order valence-corrected chi connectivity index (χ3v) is 3.09. The van der Waals surface area contributed by atoms with E-state index in [0.29, 0.717) is 29.1 Å². The minimum absolute atomic E-state index is 0.0562. The number of aromatic hydroxyl groups is 2. The van der Waals surface area contributed by atoms with E-state index in [9.17, 15) is 14.7 Å². The second-order valence-electron chi connectivity index (χ2n) is 4.21. The predicted octanol–water partition coefficient (Wildman–Crippen LogP) is 3.08. The minimum atomic E-state index is -0.133. The number of phenolic OH excluding ortho intramolecular Hbond substituents is 2. The molecule has 0 amide bonds. The summed E-state index contributed by atoms with van der Waals surface area (Å²) < 4.78 is 9.64. The van der Waals surface area contributed by atoms with Crippen LogP contribution in [0.2, 0.25) is 5.02 Å². The second kappa shape index (κ2) is 8.65. The van der Waals surface area contributed by atoms with Gasteiger partial charge in [0.05, 0.1) is 30.4 Å². The molecule has 2 aromatic rings. The zero-order valence-corrected chi connectivity index (χ0v) is 13.2. The highest BCUT2D eigenvalue weighted by molar-refractivity contribution is 6.32. The molecule has 0 saturated heterocycles. The molecule has 2 N–H and O–H groups in total. The fourth-order valence-electron chi connectivity index (χ4n) is 1.56. The van der Waals surface area contributed by atoms with Crippen LogP contribution >= 0.6 is 11.6 Å². The molecule has 6 nitrogen and oxygen atoms in total. The Balaban J connectivity index is 0.000000231. The van der Waals surface area contributed by atoms with E-state index in [1.807, 2.05) is 0 Å². The summed E-state index contributed by atoms with van der Waals surface area (Å²) in [6.07, 6.45) is 1.12. The number of hydrogen-bond acceptors (Lipinski definition) is 6. The monoisotopic (exact) mass is 338 g/mol. The van der Waals surface area contributed by atoms with Gasteiger partial charge in [0.2, 0.25) is 0 Å². The van der Waals surface area contributed by atoms with E-state index in [4.69, 9.17) is 26.2 Å². The number of methoxy groups -OCH3 is 2. The topological polar surface area (TPSA) is 93.1 Å². The highest BCUT2D eigenvalue weighted by Gasteiger charge is 2.06. The van der Waals surface area contributed by atoms with Crippen LogP contribution in [0.1, 0.15) is 20.7 Å². The summed E-state index contributed by atoms with van der Waals surface area (Å²) in [6, 6.07) is 7.16. The van der Waals surface area contributed by atoms with Crippen molar-refractivity contribution in [3.05, 3.63) is 46.5 Å². The van der Waals surface area contributed by atoms with Crippen molar-refractivity contribution in [2.75, 3.05) is 14.2 Å². The van der Waals surface area contributed by atoms with Crippen LogP contribution in [-0.4, -0.2) is 37.0 Å². The molecule has 0 aliphatic carbocycles. The molecule has 23 heavy (non-hydrogen) atoms. The normalized spacial score (nSPS) is 9.35. The summed E-state index contributed by atoms with van der Waals surface area (Å²) in [5.41, 5.74) is 0.423. The van der Waals surface area contributed by atoms with Gasteiger partial charge < -0.3 is 19.7 Å². The Hall–Kier alpha value is -2.73. The van der Waals surface area contributed by atoms with Crippen molar-refractivity contribution in [1.29, 1.82) is 0 Å². The molecule has 0 aromatic heterocycles. The average Bonchev–Trinajstić information content (AvgIpc) is 2.56. The van der Waals surface area contributed by atoms with E-state index in [-0.39, 0.29) is 22.6 Å². The molecule has 0 fully saturated rings. The first-order valence-corrected chi connectivity index (χ1v) is 6.68. The van der Waals surface area contributed by atoms with Crippen LogP contribution in [0.3, 0.4) is 0 Å². The first-order valence-electron chi connectivity index (χ1n) is 6.30. The molecule has 2 aromatic carbocycles. The van der Waals surface area contributed by atoms with Crippen molar-refractivity contribution in [1.82, 2.24) is 0 Å². The first-order chi connectivity index (χ1) is 11.0. The number of hydrogen-bond donors (Lipinski definition) is 2. The minimum Gasteiger partial charge on any atom is -0.507 e. The van der Waals surface area contributed by atoms with E-state index in [2.05, 4.69) is 0 Å². The lowest BCUT2D eigenvalue weighted by Gasteiger charge is -2.04. The molecule has 7 heteroatoms. The molecule has 2 rings (SSSR count). The van der Waals surface area contributed by atoms with Gasteiger partial charge in [-0.05, 0) is 18.2 Å². The second-order valence-corrected chi connectivity index (χ2v) is 4.61. The maximum atomic E-state index is 10.3. The number of carbonyl (C=O) groups is 2. The van der Waals surface area contributed by atoms with Gasteiger partial charge in [-0.15, -0.1) is 0 Å². The molecule has 0 spiro atoms. The Bertz CT molecular complexity index is 699. The highest BCUT2D eigenvalue weighted by atomic mass is 35.5. The van der Waals surface area contributed by atoms with Crippen LogP contribution in [-0.2, 0) is 0 Å². The number of carbonyl (C=O) groups excluding carboxylic acids is 2. The van der Waals surface area contributed by atoms with Crippen LogP contribution in [0.15, 0.2) is 30.3 Å². The van der Waals surface area contributed by atoms with Gasteiger partial charge in [-0.25, -0.2) is 0 Å². The first kappa shape index (κ1) is 18.3. The van der Waals surface area contributed by atoms with Gasteiger partial charge in [-0.2, -0.15) is 0 Å². The Labute approximate surface area is 137 Å². The van der Waals surface area contributed by atoms with Gasteiger partial charge in [0.15, 0.2) is 12.6 Å². The third kappa shape index (κ3) is 4.89. The van der Waals surface area contributed by atoms with Gasteiger partial charge in [0.1, 0.15) is 23.0 Å². The number of halogens is 1. The van der Waals surface area contributed by atoms with Crippen LogP contribution in [0.4, 0.5) is 0 Å². The molecular formula is C16H15ClO6. The van der Waals surface area contributed by atoms with E-state index in [1.165, 1.54) is 38.5 Å². The van der Waals surface area contributed by atoms with Gasteiger partial charge >= 0.3 is 0 Å². The Morgan fingerprint density at radius 2 is 1.52 bits per heavy atom. The summed E-state index contributed by atoms with van der Waals surface area (Å²) in [5.74, 6) is 0.693. The molecule has 0 atom stereocenters. The largest absolute Gasteiger partial charge is 0.507 e. The van der Waals surface area contributed by atoms with E-state index in [0.717, 1.165) is 0 Å². The van der Waals surface area contributed by atoms with Crippen LogP contribution in [0.25, 0.3) is 0 Å². The third-order valence-electron chi connectivity index (χ3n) is 2.79. The molecule has 0 bridgehead atoms. The molecule has 0 aliphatic heterocycles. The molecule has 0 unspecified atom stereocenters. The smallest absolute Gasteiger partial charge is 0.153 e. The average molecular weight is 339 g/mol. The number of rotatable bonds is 4. The summed E-state index contributed by atoms with van der Waals surface area (Å²) in [6.45, 7) is 0. The molecule has 0 heterocycles. The molecule has 0 saturated carbocycles. The maximum Gasteiger partial charge on any atom is 0.153 e. The summed E-state index contributed by atoms with van der Waals surface area (Å²) >= 11 is 5.69. The highest BCUT2D eigenvalue weighted by Crippen LogP contribution is 2.30. The van der Waals surface area contributed by atoms with E-state index >= 15 is 0 Å². The lowest BCUT2D eigenvalue weighted by Crippen LogP contribution is -1.87. The zero-order valence-electron chi connectivity index (χ0n) is 12.4. The number of benzene rings is 2. The molecule has 122 valence electrons.